The van der Waals surface area contributed by atoms with Crippen LogP contribution in [-0.2, 0) is 0 Å². The lowest BCUT2D eigenvalue weighted by Crippen LogP contribution is -2.52. The predicted molar refractivity (Wildman–Crippen MR) is 61.4 cm³/mol. The zero-order valence-corrected chi connectivity index (χ0v) is 9.87. The van der Waals surface area contributed by atoms with Gasteiger partial charge in [-0.2, -0.15) is 0 Å². The van der Waals surface area contributed by atoms with Crippen LogP contribution >= 0.6 is 0 Å². The van der Waals surface area contributed by atoms with Gasteiger partial charge in [0.1, 0.15) is 0 Å². The highest BCUT2D eigenvalue weighted by atomic mass is 15.3. The molecule has 0 spiro atoms. The van der Waals surface area contributed by atoms with Gasteiger partial charge in [-0.3, -0.25) is 4.90 Å². The van der Waals surface area contributed by atoms with E-state index in [1.165, 1.54) is 32.6 Å². The Kier molecular flexibility index (Phi) is 4.85. The second-order valence-electron chi connectivity index (χ2n) is 4.62. The van der Waals surface area contributed by atoms with Crippen LogP contribution < -0.4 is 5.73 Å². The number of likely N-dealkylation sites (N-methyl/N-ethyl adjacent to an activating group) is 1. The largest absolute Gasteiger partial charge is 0.330 e. The van der Waals surface area contributed by atoms with Crippen molar-refractivity contribution in [2.45, 2.75) is 26.3 Å². The third-order valence-corrected chi connectivity index (χ3v) is 3.37. The Balaban J connectivity index is 2.36. The summed E-state index contributed by atoms with van der Waals surface area (Å²) in [4.78, 5) is 4.99. The Morgan fingerprint density at radius 2 is 2.14 bits per heavy atom. The summed E-state index contributed by atoms with van der Waals surface area (Å²) >= 11 is 0. The molecule has 0 aromatic carbocycles. The summed E-state index contributed by atoms with van der Waals surface area (Å²) in [5, 5.41) is 0. The Morgan fingerprint density at radius 3 is 2.64 bits per heavy atom. The molecule has 0 aromatic rings. The minimum Gasteiger partial charge on any atom is -0.330 e. The molecule has 1 saturated heterocycles. The molecule has 1 heterocycles. The van der Waals surface area contributed by atoms with Crippen molar-refractivity contribution in [1.29, 1.82) is 0 Å². The molecule has 1 aliphatic heterocycles. The number of nitrogens with two attached hydrogens (primary N) is 1. The summed E-state index contributed by atoms with van der Waals surface area (Å²) in [5.74, 6) is 0.681. The van der Waals surface area contributed by atoms with Crippen molar-refractivity contribution in [1.82, 2.24) is 9.80 Å². The molecule has 0 bridgehead atoms. The minimum absolute atomic E-state index is 0.681. The highest BCUT2D eigenvalue weighted by Crippen LogP contribution is 2.11. The monoisotopic (exact) mass is 199 g/mol. The molecule has 0 amide bonds. The van der Waals surface area contributed by atoms with E-state index < -0.39 is 0 Å². The third-order valence-electron chi connectivity index (χ3n) is 3.37. The molecule has 84 valence electrons. The van der Waals surface area contributed by atoms with Gasteiger partial charge in [0.2, 0.25) is 0 Å². The number of hydrogen-bond acceptors (Lipinski definition) is 3. The topological polar surface area (TPSA) is 32.5 Å². The maximum Gasteiger partial charge on any atom is 0.0195 e. The lowest BCUT2D eigenvalue weighted by atomic mass is 10.0. The van der Waals surface area contributed by atoms with Crippen molar-refractivity contribution in [2.75, 3.05) is 39.8 Å². The van der Waals surface area contributed by atoms with Gasteiger partial charge in [-0.05, 0) is 26.4 Å². The first-order valence-corrected chi connectivity index (χ1v) is 5.80. The molecule has 3 heteroatoms. The highest BCUT2D eigenvalue weighted by molar-refractivity contribution is 4.79. The molecule has 0 saturated carbocycles. The maximum absolute atomic E-state index is 5.74. The lowest BCUT2D eigenvalue weighted by Gasteiger charge is -2.39. The van der Waals surface area contributed by atoms with Crippen LogP contribution in [-0.4, -0.2) is 55.6 Å². The van der Waals surface area contributed by atoms with Crippen molar-refractivity contribution in [3.63, 3.8) is 0 Å². The summed E-state index contributed by atoms with van der Waals surface area (Å²) in [6.07, 6.45) is 1.20. The van der Waals surface area contributed by atoms with E-state index in [0.717, 1.165) is 6.54 Å². The fourth-order valence-corrected chi connectivity index (χ4v) is 2.15. The second kappa shape index (κ2) is 5.69. The Bertz CT molecular complexity index is 157. The summed E-state index contributed by atoms with van der Waals surface area (Å²) in [5.41, 5.74) is 5.74. The van der Waals surface area contributed by atoms with Gasteiger partial charge in [0.25, 0.3) is 0 Å². The van der Waals surface area contributed by atoms with Gasteiger partial charge in [-0.15, -0.1) is 0 Å². The molecule has 2 N–H and O–H groups in total. The van der Waals surface area contributed by atoms with Gasteiger partial charge < -0.3 is 10.6 Å². The number of hydrogen-bond donors (Lipinski definition) is 1. The summed E-state index contributed by atoms with van der Waals surface area (Å²) < 4.78 is 0. The van der Waals surface area contributed by atoms with E-state index in [9.17, 15) is 0 Å². The Morgan fingerprint density at radius 1 is 1.43 bits per heavy atom. The van der Waals surface area contributed by atoms with Crippen molar-refractivity contribution in [3.8, 4) is 0 Å². The fraction of sp³-hybridized carbons (Fsp3) is 1.00. The molecule has 0 aromatic heterocycles. The van der Waals surface area contributed by atoms with Crippen LogP contribution in [0.4, 0.5) is 0 Å². The number of nitrogens with zero attached hydrogens (tertiary/aromatic N) is 2. The quantitative estimate of drug-likeness (QED) is 0.720. The zero-order chi connectivity index (χ0) is 10.6. The van der Waals surface area contributed by atoms with Gasteiger partial charge >= 0.3 is 0 Å². The zero-order valence-electron chi connectivity index (χ0n) is 9.87. The Hall–Kier alpha value is -0.120. The SMILES string of the molecule is CCC(CN)CN1CCN(C)CC1C. The van der Waals surface area contributed by atoms with Gasteiger partial charge in [-0.1, -0.05) is 13.3 Å². The molecular weight excluding hydrogens is 174 g/mol. The molecule has 1 rings (SSSR count). The molecule has 1 aliphatic rings. The maximum atomic E-state index is 5.74. The molecule has 0 aliphatic carbocycles. The summed E-state index contributed by atoms with van der Waals surface area (Å²) in [6.45, 7) is 10.2. The fourth-order valence-electron chi connectivity index (χ4n) is 2.15. The van der Waals surface area contributed by atoms with Crippen molar-refractivity contribution >= 4 is 0 Å². The first-order chi connectivity index (χ1) is 6.67. The van der Waals surface area contributed by atoms with E-state index in [0.29, 0.717) is 12.0 Å². The van der Waals surface area contributed by atoms with E-state index in [1.54, 1.807) is 0 Å². The standard InChI is InChI=1S/C11H25N3/c1-4-11(7-12)9-14-6-5-13(3)8-10(14)2/h10-11H,4-9,12H2,1-3H3. The van der Waals surface area contributed by atoms with Gasteiger partial charge in [0.15, 0.2) is 0 Å². The van der Waals surface area contributed by atoms with Crippen LogP contribution in [0.2, 0.25) is 0 Å². The summed E-state index contributed by atoms with van der Waals surface area (Å²) in [7, 11) is 2.20. The molecule has 2 unspecified atom stereocenters. The summed E-state index contributed by atoms with van der Waals surface area (Å²) in [6, 6.07) is 0.689. The highest BCUT2D eigenvalue weighted by Gasteiger charge is 2.22. The molecule has 3 nitrogen and oxygen atoms in total. The predicted octanol–water partition coefficient (Wildman–Crippen LogP) is 0.607. The van der Waals surface area contributed by atoms with E-state index in [-0.39, 0.29) is 0 Å². The molecule has 1 fully saturated rings. The normalized spacial score (nSPS) is 27.9. The second-order valence-corrected chi connectivity index (χ2v) is 4.62. The van der Waals surface area contributed by atoms with Crippen molar-refractivity contribution in [3.05, 3.63) is 0 Å². The van der Waals surface area contributed by atoms with Crippen LogP contribution in [0.15, 0.2) is 0 Å². The molecular formula is C11H25N3. The average molecular weight is 199 g/mol. The lowest BCUT2D eigenvalue weighted by molar-refractivity contribution is 0.0853. The van der Waals surface area contributed by atoms with E-state index >= 15 is 0 Å². The van der Waals surface area contributed by atoms with Gasteiger partial charge in [-0.25, -0.2) is 0 Å². The van der Waals surface area contributed by atoms with Crippen LogP contribution in [0, 0.1) is 5.92 Å². The van der Waals surface area contributed by atoms with Crippen LogP contribution in [0.5, 0.6) is 0 Å². The van der Waals surface area contributed by atoms with Gasteiger partial charge in [0, 0.05) is 32.2 Å². The van der Waals surface area contributed by atoms with Crippen LogP contribution in [0.25, 0.3) is 0 Å². The smallest absolute Gasteiger partial charge is 0.0195 e. The van der Waals surface area contributed by atoms with E-state index in [4.69, 9.17) is 5.73 Å². The minimum atomic E-state index is 0.681. The van der Waals surface area contributed by atoms with E-state index in [2.05, 4.69) is 30.7 Å². The Labute approximate surface area is 88.2 Å². The number of rotatable bonds is 4. The van der Waals surface area contributed by atoms with Crippen LogP contribution in [0.1, 0.15) is 20.3 Å². The van der Waals surface area contributed by atoms with E-state index in [1.807, 2.05) is 0 Å². The average Bonchev–Trinajstić information content (AvgIpc) is 2.17. The first kappa shape index (κ1) is 12.0. The first-order valence-electron chi connectivity index (χ1n) is 5.80. The van der Waals surface area contributed by atoms with Crippen molar-refractivity contribution in [2.24, 2.45) is 11.7 Å². The van der Waals surface area contributed by atoms with Crippen LogP contribution in [0.3, 0.4) is 0 Å². The molecule has 2 atom stereocenters. The van der Waals surface area contributed by atoms with Crippen molar-refractivity contribution < 1.29 is 0 Å². The third kappa shape index (κ3) is 3.23. The number of piperazine rings is 1. The molecule has 0 radical (unpaired) electrons. The molecule has 14 heavy (non-hydrogen) atoms. The van der Waals surface area contributed by atoms with Gasteiger partial charge in [0.05, 0.1) is 0 Å².